The molecule has 3 amide bonds. The van der Waals surface area contributed by atoms with E-state index in [2.05, 4.69) is 29.1 Å². The van der Waals surface area contributed by atoms with Gasteiger partial charge in [0.25, 0.3) is 17.7 Å². The summed E-state index contributed by atoms with van der Waals surface area (Å²) in [6, 6.07) is 13.0. The third-order valence-electron chi connectivity index (χ3n) is 3.49. The molecular weight excluding hydrogens is 374 g/mol. The van der Waals surface area contributed by atoms with Crippen LogP contribution < -0.4 is 25.4 Å². The SMILES string of the molecule is C=CNC(=O)COc1ccc(NC(=O)c2ccc(OCC(=O)NC=C)cc2)cc1. The van der Waals surface area contributed by atoms with Gasteiger partial charge in [0.15, 0.2) is 13.2 Å². The minimum Gasteiger partial charge on any atom is -0.484 e. The van der Waals surface area contributed by atoms with Crippen LogP contribution in [0.3, 0.4) is 0 Å². The summed E-state index contributed by atoms with van der Waals surface area (Å²) in [6.07, 6.45) is 2.56. The molecule has 0 bridgehead atoms. The van der Waals surface area contributed by atoms with Crippen molar-refractivity contribution in [2.24, 2.45) is 0 Å². The van der Waals surface area contributed by atoms with E-state index in [1.54, 1.807) is 48.5 Å². The summed E-state index contributed by atoms with van der Waals surface area (Å²) in [5.41, 5.74) is 0.994. The van der Waals surface area contributed by atoms with E-state index in [1.807, 2.05) is 0 Å². The van der Waals surface area contributed by atoms with Gasteiger partial charge in [-0.2, -0.15) is 0 Å². The maximum Gasteiger partial charge on any atom is 0.261 e. The number of benzene rings is 2. The molecule has 0 saturated carbocycles. The summed E-state index contributed by atoms with van der Waals surface area (Å²) in [7, 11) is 0. The quantitative estimate of drug-likeness (QED) is 0.572. The molecule has 0 heterocycles. The van der Waals surface area contributed by atoms with Crippen LogP contribution in [0.1, 0.15) is 10.4 Å². The second-order valence-electron chi connectivity index (χ2n) is 5.62. The van der Waals surface area contributed by atoms with Crippen molar-refractivity contribution < 1.29 is 23.9 Å². The van der Waals surface area contributed by atoms with Gasteiger partial charge < -0.3 is 25.4 Å². The molecule has 8 heteroatoms. The van der Waals surface area contributed by atoms with Crippen molar-refractivity contribution in [3.63, 3.8) is 0 Å². The molecule has 2 aromatic carbocycles. The van der Waals surface area contributed by atoms with Gasteiger partial charge in [-0.3, -0.25) is 14.4 Å². The lowest BCUT2D eigenvalue weighted by Gasteiger charge is -2.09. The van der Waals surface area contributed by atoms with Gasteiger partial charge in [0.05, 0.1) is 0 Å². The maximum atomic E-state index is 12.3. The summed E-state index contributed by atoms with van der Waals surface area (Å²) < 4.78 is 10.6. The monoisotopic (exact) mass is 395 g/mol. The van der Waals surface area contributed by atoms with Gasteiger partial charge in [0.1, 0.15) is 11.5 Å². The summed E-state index contributed by atoms with van der Waals surface area (Å²) in [6.45, 7) is 6.49. The highest BCUT2D eigenvalue weighted by Gasteiger charge is 2.08. The van der Waals surface area contributed by atoms with E-state index in [0.29, 0.717) is 22.7 Å². The molecule has 0 aromatic heterocycles. The average Bonchev–Trinajstić information content (AvgIpc) is 2.72. The van der Waals surface area contributed by atoms with Crippen LogP contribution in [0.4, 0.5) is 5.69 Å². The number of rotatable bonds is 10. The molecule has 150 valence electrons. The standard InChI is InChI=1S/C21H21N3O5/c1-3-22-19(25)13-28-17-9-5-15(6-10-17)21(27)24-16-7-11-18(12-8-16)29-14-20(26)23-4-2/h3-12H,1-2,13-14H2,(H,22,25)(H,23,26)(H,24,27). The van der Waals surface area contributed by atoms with Crippen molar-refractivity contribution in [3.05, 3.63) is 79.7 Å². The van der Waals surface area contributed by atoms with E-state index < -0.39 is 0 Å². The zero-order valence-electron chi connectivity index (χ0n) is 15.6. The number of anilines is 1. The first-order valence-corrected chi connectivity index (χ1v) is 8.59. The number of carbonyl (C=O) groups is 3. The van der Waals surface area contributed by atoms with Crippen molar-refractivity contribution in [1.29, 1.82) is 0 Å². The maximum absolute atomic E-state index is 12.3. The fraction of sp³-hybridized carbons (Fsp3) is 0.0952. The van der Waals surface area contributed by atoms with Crippen molar-refractivity contribution in [2.45, 2.75) is 0 Å². The van der Waals surface area contributed by atoms with Crippen molar-refractivity contribution >= 4 is 23.4 Å². The number of ether oxygens (including phenoxy) is 2. The molecule has 8 nitrogen and oxygen atoms in total. The third kappa shape index (κ3) is 7.22. The lowest BCUT2D eigenvalue weighted by atomic mass is 10.2. The second kappa shape index (κ2) is 10.9. The number of hydrogen-bond donors (Lipinski definition) is 3. The second-order valence-corrected chi connectivity index (χ2v) is 5.62. The molecule has 0 aliphatic carbocycles. The minimum atomic E-state index is -0.324. The highest BCUT2D eigenvalue weighted by Crippen LogP contribution is 2.17. The predicted molar refractivity (Wildman–Crippen MR) is 109 cm³/mol. The summed E-state index contributed by atoms with van der Waals surface area (Å²) in [5.74, 6) is 0.00802. The Bertz CT molecular complexity index is 876. The summed E-state index contributed by atoms with van der Waals surface area (Å²) in [4.78, 5) is 35.0. The summed E-state index contributed by atoms with van der Waals surface area (Å²) >= 11 is 0. The molecule has 2 aromatic rings. The van der Waals surface area contributed by atoms with Crippen molar-refractivity contribution in [1.82, 2.24) is 10.6 Å². The van der Waals surface area contributed by atoms with Gasteiger partial charge in [-0.05, 0) is 60.9 Å². The molecule has 0 spiro atoms. The molecule has 3 N–H and O–H groups in total. The molecule has 0 saturated heterocycles. The number of carbonyl (C=O) groups excluding carboxylic acids is 3. The third-order valence-corrected chi connectivity index (χ3v) is 3.49. The van der Waals surface area contributed by atoms with Gasteiger partial charge in [0.2, 0.25) is 0 Å². The van der Waals surface area contributed by atoms with Crippen molar-refractivity contribution in [2.75, 3.05) is 18.5 Å². The van der Waals surface area contributed by atoms with Crippen LogP contribution in [0.2, 0.25) is 0 Å². The predicted octanol–water partition coefficient (Wildman–Crippen LogP) is 2.22. The van der Waals surface area contributed by atoms with E-state index in [1.165, 1.54) is 12.4 Å². The lowest BCUT2D eigenvalue weighted by Crippen LogP contribution is -2.23. The van der Waals surface area contributed by atoms with Gasteiger partial charge >= 0.3 is 0 Å². The zero-order valence-corrected chi connectivity index (χ0v) is 15.6. The van der Waals surface area contributed by atoms with Crippen LogP contribution in [0.25, 0.3) is 0 Å². The Morgan fingerprint density at radius 3 is 1.66 bits per heavy atom. The number of hydrogen-bond acceptors (Lipinski definition) is 5. The van der Waals surface area contributed by atoms with Gasteiger partial charge in [-0.15, -0.1) is 0 Å². The fourth-order valence-corrected chi connectivity index (χ4v) is 2.15. The van der Waals surface area contributed by atoms with Crippen LogP contribution >= 0.6 is 0 Å². The van der Waals surface area contributed by atoms with Gasteiger partial charge in [-0.1, -0.05) is 13.2 Å². The smallest absolute Gasteiger partial charge is 0.261 e. The van der Waals surface area contributed by atoms with Crippen LogP contribution in [0.5, 0.6) is 11.5 Å². The summed E-state index contributed by atoms with van der Waals surface area (Å²) in [5, 5.41) is 7.56. The topological polar surface area (TPSA) is 106 Å². The zero-order chi connectivity index (χ0) is 21.1. The van der Waals surface area contributed by atoms with E-state index in [9.17, 15) is 14.4 Å². The Morgan fingerprint density at radius 2 is 1.21 bits per heavy atom. The Hall–Kier alpha value is -4.07. The number of amides is 3. The van der Waals surface area contributed by atoms with Gasteiger partial charge in [-0.25, -0.2) is 0 Å². The first-order chi connectivity index (χ1) is 14.0. The number of nitrogens with one attached hydrogen (secondary N) is 3. The molecule has 0 aliphatic rings. The first kappa shape index (κ1) is 21.2. The molecule has 0 aliphatic heterocycles. The van der Waals surface area contributed by atoms with E-state index >= 15 is 0 Å². The Kier molecular flexibility index (Phi) is 8.00. The lowest BCUT2D eigenvalue weighted by molar-refractivity contribution is -0.122. The highest BCUT2D eigenvalue weighted by molar-refractivity contribution is 6.04. The molecule has 0 radical (unpaired) electrons. The highest BCUT2D eigenvalue weighted by atomic mass is 16.5. The fourth-order valence-electron chi connectivity index (χ4n) is 2.15. The largest absolute Gasteiger partial charge is 0.484 e. The van der Waals surface area contributed by atoms with Crippen LogP contribution in [0.15, 0.2) is 74.1 Å². The van der Waals surface area contributed by atoms with Crippen molar-refractivity contribution in [3.8, 4) is 11.5 Å². The van der Waals surface area contributed by atoms with Crippen LogP contribution in [0, 0.1) is 0 Å². The molecule has 2 rings (SSSR count). The van der Waals surface area contributed by atoms with Gasteiger partial charge in [0, 0.05) is 11.3 Å². The molecular formula is C21H21N3O5. The Morgan fingerprint density at radius 1 is 0.759 bits per heavy atom. The van der Waals surface area contributed by atoms with E-state index in [-0.39, 0.29) is 30.9 Å². The normalized spacial score (nSPS) is 9.66. The van der Waals surface area contributed by atoms with E-state index in [4.69, 9.17) is 9.47 Å². The molecule has 0 fully saturated rings. The minimum absolute atomic E-state index is 0.138. The van der Waals surface area contributed by atoms with E-state index in [0.717, 1.165) is 0 Å². The Balaban J connectivity index is 1.86. The van der Waals surface area contributed by atoms with Crippen LogP contribution in [-0.2, 0) is 9.59 Å². The average molecular weight is 395 g/mol. The first-order valence-electron chi connectivity index (χ1n) is 8.59. The van der Waals surface area contributed by atoms with Crippen LogP contribution in [-0.4, -0.2) is 30.9 Å². The molecule has 0 atom stereocenters. The Labute approximate surface area is 168 Å². The molecule has 29 heavy (non-hydrogen) atoms. The molecule has 0 unspecified atom stereocenters.